The van der Waals surface area contributed by atoms with Crippen LogP contribution >= 0.6 is 23.2 Å². The molecule has 29 heavy (non-hydrogen) atoms. The maximum absolute atomic E-state index is 12.8. The number of amides is 1. The number of hydrogen-bond donors (Lipinski definition) is 1. The predicted octanol–water partition coefficient (Wildman–Crippen LogP) is 5.38. The average molecular weight is 449 g/mol. The zero-order valence-corrected chi connectivity index (χ0v) is 18.0. The number of nitrogens with one attached hydrogen (secondary N) is 1. The van der Waals surface area contributed by atoms with Gasteiger partial charge in [-0.3, -0.25) is 9.10 Å². The minimum absolute atomic E-state index is 0.195. The first kappa shape index (κ1) is 21.2. The number of carbonyl (C=O) groups excluding carboxylic acids is 1. The van der Waals surface area contributed by atoms with Crippen molar-refractivity contribution in [1.29, 1.82) is 0 Å². The molecule has 3 aromatic rings. The molecule has 0 heterocycles. The van der Waals surface area contributed by atoms with Crippen molar-refractivity contribution in [3.8, 4) is 0 Å². The third-order valence-corrected chi connectivity index (χ3v) is 6.80. The molecule has 0 radical (unpaired) electrons. The third kappa shape index (κ3) is 4.56. The molecular formula is C21H18Cl2N2O3S. The van der Waals surface area contributed by atoms with Crippen molar-refractivity contribution in [2.24, 2.45) is 0 Å². The van der Waals surface area contributed by atoms with Gasteiger partial charge in [-0.2, -0.15) is 0 Å². The van der Waals surface area contributed by atoms with Crippen LogP contribution in [0.2, 0.25) is 10.0 Å². The van der Waals surface area contributed by atoms with Crippen LogP contribution in [-0.2, 0) is 10.0 Å². The van der Waals surface area contributed by atoms with Gasteiger partial charge >= 0.3 is 0 Å². The predicted molar refractivity (Wildman–Crippen MR) is 118 cm³/mol. The zero-order valence-electron chi connectivity index (χ0n) is 15.7. The van der Waals surface area contributed by atoms with Gasteiger partial charge < -0.3 is 5.32 Å². The van der Waals surface area contributed by atoms with E-state index in [0.717, 1.165) is 5.56 Å². The number of para-hydroxylation sites is 1. The number of carbonyl (C=O) groups is 1. The highest BCUT2D eigenvalue weighted by atomic mass is 35.5. The van der Waals surface area contributed by atoms with Gasteiger partial charge in [0, 0.05) is 12.6 Å². The first-order valence-corrected chi connectivity index (χ1v) is 10.8. The highest BCUT2D eigenvalue weighted by Crippen LogP contribution is 2.30. The lowest BCUT2D eigenvalue weighted by Gasteiger charge is -2.20. The Bertz CT molecular complexity index is 1130. The Morgan fingerprint density at radius 2 is 1.45 bits per heavy atom. The molecule has 5 nitrogen and oxygen atoms in total. The van der Waals surface area contributed by atoms with E-state index in [1.807, 2.05) is 6.92 Å². The highest BCUT2D eigenvalue weighted by molar-refractivity contribution is 7.92. The normalized spacial score (nSPS) is 11.2. The first-order valence-electron chi connectivity index (χ1n) is 8.61. The number of hydrogen-bond acceptors (Lipinski definition) is 3. The summed E-state index contributed by atoms with van der Waals surface area (Å²) in [5.74, 6) is -0.407. The molecule has 150 valence electrons. The van der Waals surface area contributed by atoms with Gasteiger partial charge in [-0.25, -0.2) is 8.42 Å². The van der Waals surface area contributed by atoms with Gasteiger partial charge in [0.2, 0.25) is 0 Å². The second-order valence-electron chi connectivity index (χ2n) is 6.38. The van der Waals surface area contributed by atoms with Gasteiger partial charge in [0.1, 0.15) is 0 Å². The molecule has 0 fully saturated rings. The number of rotatable bonds is 5. The fourth-order valence-corrected chi connectivity index (χ4v) is 4.32. The van der Waals surface area contributed by atoms with Crippen molar-refractivity contribution in [2.75, 3.05) is 16.7 Å². The molecule has 0 atom stereocenters. The molecule has 0 aromatic heterocycles. The summed E-state index contributed by atoms with van der Waals surface area (Å²) in [6.07, 6.45) is 0. The maximum atomic E-state index is 12.8. The van der Waals surface area contributed by atoms with Crippen LogP contribution in [0.1, 0.15) is 15.9 Å². The van der Waals surface area contributed by atoms with Crippen LogP contribution in [0.25, 0.3) is 0 Å². The quantitative estimate of drug-likeness (QED) is 0.569. The van der Waals surface area contributed by atoms with Crippen LogP contribution in [0.3, 0.4) is 0 Å². The van der Waals surface area contributed by atoms with Gasteiger partial charge in [-0.1, -0.05) is 47.0 Å². The summed E-state index contributed by atoms with van der Waals surface area (Å²) >= 11 is 12.1. The van der Waals surface area contributed by atoms with Crippen molar-refractivity contribution < 1.29 is 13.2 Å². The SMILES string of the molecule is Cc1ccc(S(=O)(=O)N(C)c2ccc(C(=O)Nc3c(Cl)cccc3Cl)cc2)cc1. The van der Waals surface area contributed by atoms with Gasteiger partial charge in [0.05, 0.1) is 26.3 Å². The van der Waals surface area contributed by atoms with Gasteiger partial charge in [0.25, 0.3) is 15.9 Å². The van der Waals surface area contributed by atoms with Crippen molar-refractivity contribution in [3.63, 3.8) is 0 Å². The van der Waals surface area contributed by atoms with Crippen LogP contribution < -0.4 is 9.62 Å². The van der Waals surface area contributed by atoms with Crippen molar-refractivity contribution in [1.82, 2.24) is 0 Å². The standard InChI is InChI=1S/C21H18Cl2N2O3S/c1-14-6-12-17(13-7-14)29(27,28)25(2)16-10-8-15(9-11-16)21(26)24-20-18(22)4-3-5-19(20)23/h3-13H,1-2H3,(H,24,26). The van der Waals surface area contributed by atoms with Crippen LogP contribution in [0.4, 0.5) is 11.4 Å². The summed E-state index contributed by atoms with van der Waals surface area (Å²) in [7, 11) is -2.24. The minimum Gasteiger partial charge on any atom is -0.319 e. The Balaban J connectivity index is 1.80. The second-order valence-corrected chi connectivity index (χ2v) is 9.17. The van der Waals surface area contributed by atoms with Crippen LogP contribution in [0, 0.1) is 6.92 Å². The van der Waals surface area contributed by atoms with Crippen LogP contribution in [0.15, 0.2) is 71.6 Å². The summed E-state index contributed by atoms with van der Waals surface area (Å²) < 4.78 is 26.8. The summed E-state index contributed by atoms with van der Waals surface area (Å²) in [5.41, 5.74) is 2.06. The minimum atomic E-state index is -3.70. The fourth-order valence-electron chi connectivity index (χ4n) is 2.63. The van der Waals surface area contributed by atoms with E-state index < -0.39 is 15.9 Å². The van der Waals surface area contributed by atoms with Crippen LogP contribution in [-0.4, -0.2) is 21.4 Å². The molecule has 8 heteroatoms. The third-order valence-electron chi connectivity index (χ3n) is 4.37. The van der Waals surface area contributed by atoms with E-state index in [1.54, 1.807) is 54.6 Å². The molecule has 0 spiro atoms. The number of nitrogens with zero attached hydrogens (tertiary/aromatic N) is 1. The zero-order chi connectivity index (χ0) is 21.2. The molecule has 1 amide bonds. The monoisotopic (exact) mass is 448 g/mol. The Morgan fingerprint density at radius 3 is 2.00 bits per heavy atom. The summed E-state index contributed by atoms with van der Waals surface area (Å²) in [5, 5.41) is 3.32. The van der Waals surface area contributed by atoms with E-state index in [1.165, 1.54) is 23.5 Å². The molecule has 0 aliphatic carbocycles. The molecule has 0 saturated carbocycles. The van der Waals surface area contributed by atoms with Crippen LogP contribution in [0.5, 0.6) is 0 Å². The van der Waals surface area contributed by atoms with Gasteiger partial charge in [0.15, 0.2) is 0 Å². The molecule has 1 N–H and O–H groups in total. The highest BCUT2D eigenvalue weighted by Gasteiger charge is 2.21. The summed E-state index contributed by atoms with van der Waals surface area (Å²) in [6, 6.07) is 17.7. The largest absolute Gasteiger partial charge is 0.319 e. The van der Waals surface area contributed by atoms with Gasteiger partial charge in [-0.15, -0.1) is 0 Å². The van der Waals surface area contributed by atoms with E-state index in [4.69, 9.17) is 23.2 Å². The lowest BCUT2D eigenvalue weighted by molar-refractivity contribution is 0.102. The lowest BCUT2D eigenvalue weighted by Crippen LogP contribution is -2.26. The van der Waals surface area contributed by atoms with Gasteiger partial charge in [-0.05, 0) is 55.5 Å². The number of aryl methyl sites for hydroxylation is 1. The second kappa shape index (κ2) is 8.45. The van der Waals surface area contributed by atoms with Crippen molar-refractivity contribution in [2.45, 2.75) is 11.8 Å². The molecule has 0 aliphatic rings. The number of benzene rings is 3. The van der Waals surface area contributed by atoms with Crippen molar-refractivity contribution in [3.05, 3.63) is 87.9 Å². The van der Waals surface area contributed by atoms with E-state index >= 15 is 0 Å². The average Bonchev–Trinajstić information content (AvgIpc) is 2.70. The Hall–Kier alpha value is -2.54. The van der Waals surface area contributed by atoms with E-state index in [9.17, 15) is 13.2 Å². The Labute approximate surface area is 179 Å². The number of sulfonamides is 1. The lowest BCUT2D eigenvalue weighted by atomic mass is 10.2. The number of halogens is 2. The van der Waals surface area contributed by atoms with E-state index in [2.05, 4.69) is 5.32 Å². The maximum Gasteiger partial charge on any atom is 0.264 e. The van der Waals surface area contributed by atoms with Crippen molar-refractivity contribution >= 4 is 50.5 Å². The summed E-state index contributed by atoms with van der Waals surface area (Å²) in [6.45, 7) is 1.89. The first-order chi connectivity index (χ1) is 13.7. The molecular weight excluding hydrogens is 431 g/mol. The van der Waals surface area contributed by atoms with E-state index in [-0.39, 0.29) is 4.90 Å². The molecule has 3 aromatic carbocycles. The number of anilines is 2. The Morgan fingerprint density at radius 1 is 0.897 bits per heavy atom. The fraction of sp³-hybridized carbons (Fsp3) is 0.0952. The molecule has 3 rings (SSSR count). The molecule has 0 aliphatic heterocycles. The molecule has 0 saturated heterocycles. The topological polar surface area (TPSA) is 66.5 Å². The smallest absolute Gasteiger partial charge is 0.264 e. The Kier molecular flexibility index (Phi) is 6.17. The molecule has 0 bridgehead atoms. The van der Waals surface area contributed by atoms with E-state index in [0.29, 0.717) is 27.0 Å². The molecule has 0 unspecified atom stereocenters. The summed E-state index contributed by atoms with van der Waals surface area (Å²) in [4.78, 5) is 12.7.